The van der Waals surface area contributed by atoms with Crippen LogP contribution in [-0.2, 0) is 0 Å². The Bertz CT molecular complexity index is 545. The van der Waals surface area contributed by atoms with E-state index in [0.717, 1.165) is 4.88 Å². The lowest BCUT2D eigenvalue weighted by Gasteiger charge is -1.97. The Hall–Kier alpha value is -1.95. The molecule has 0 aliphatic rings. The van der Waals surface area contributed by atoms with Crippen molar-refractivity contribution in [2.45, 2.75) is 0 Å². The fourth-order valence-corrected chi connectivity index (χ4v) is 1.74. The quantitative estimate of drug-likeness (QED) is 0.799. The third-order valence-electron chi connectivity index (χ3n) is 1.84. The van der Waals surface area contributed by atoms with Crippen molar-refractivity contribution in [3.63, 3.8) is 0 Å². The van der Waals surface area contributed by atoms with Crippen molar-refractivity contribution in [3.8, 4) is 10.6 Å². The van der Waals surface area contributed by atoms with Gasteiger partial charge in [0, 0.05) is 6.20 Å². The lowest BCUT2D eigenvalue weighted by atomic mass is 10.2. The zero-order chi connectivity index (χ0) is 10.8. The highest BCUT2D eigenvalue weighted by atomic mass is 32.1. The van der Waals surface area contributed by atoms with Gasteiger partial charge < -0.3 is 10.1 Å². The topological polar surface area (TPSA) is 83.0 Å². The first-order valence-corrected chi connectivity index (χ1v) is 4.92. The third kappa shape index (κ3) is 1.79. The van der Waals surface area contributed by atoms with E-state index in [4.69, 9.17) is 5.11 Å². The number of nitrogens with one attached hydrogen (secondary N) is 1. The summed E-state index contributed by atoms with van der Waals surface area (Å²) in [7, 11) is 0. The van der Waals surface area contributed by atoms with E-state index in [1.54, 1.807) is 17.8 Å². The number of rotatable bonds is 2. The van der Waals surface area contributed by atoms with Crippen LogP contribution in [0.25, 0.3) is 10.6 Å². The number of hydrogen-bond acceptors (Lipinski definition) is 4. The molecule has 2 aromatic heterocycles. The molecule has 0 aliphatic heterocycles. The molecular weight excluding hydrogens is 216 g/mol. The van der Waals surface area contributed by atoms with E-state index in [1.807, 2.05) is 0 Å². The van der Waals surface area contributed by atoms with Crippen molar-refractivity contribution < 1.29 is 9.90 Å². The molecule has 0 saturated carbocycles. The number of aromatic amines is 1. The summed E-state index contributed by atoms with van der Waals surface area (Å²) in [4.78, 5) is 29.1. The monoisotopic (exact) mass is 222 g/mol. The van der Waals surface area contributed by atoms with Crippen LogP contribution in [0.4, 0.5) is 0 Å². The molecule has 0 aliphatic carbocycles. The number of thiazole rings is 1. The molecular formula is C9H6N2O3S. The number of aromatic nitrogens is 2. The number of H-pyrrole nitrogens is 1. The number of hydrogen-bond donors (Lipinski definition) is 2. The van der Waals surface area contributed by atoms with Gasteiger partial charge >= 0.3 is 5.97 Å². The predicted octanol–water partition coefficient (Wildman–Crippen LogP) is 1.20. The minimum Gasteiger partial charge on any atom is -0.477 e. The second-order valence-electron chi connectivity index (χ2n) is 2.79. The molecule has 0 radical (unpaired) electrons. The van der Waals surface area contributed by atoms with Gasteiger partial charge in [0.25, 0.3) is 5.56 Å². The molecule has 6 heteroatoms. The maximum absolute atomic E-state index is 11.3. The second kappa shape index (κ2) is 3.66. The first kappa shape index (κ1) is 9.60. The Balaban J connectivity index is 2.52. The average molecular weight is 222 g/mol. The average Bonchev–Trinajstić information content (AvgIpc) is 2.69. The van der Waals surface area contributed by atoms with E-state index in [-0.39, 0.29) is 5.56 Å². The first-order valence-electron chi connectivity index (χ1n) is 4.04. The van der Waals surface area contributed by atoms with Crippen LogP contribution in [0.2, 0.25) is 0 Å². The van der Waals surface area contributed by atoms with Gasteiger partial charge in [-0.2, -0.15) is 0 Å². The molecule has 0 spiro atoms. The van der Waals surface area contributed by atoms with E-state index in [9.17, 15) is 9.59 Å². The van der Waals surface area contributed by atoms with Crippen LogP contribution in [0.5, 0.6) is 0 Å². The zero-order valence-corrected chi connectivity index (χ0v) is 8.25. The third-order valence-corrected chi connectivity index (χ3v) is 2.64. The molecule has 15 heavy (non-hydrogen) atoms. The molecule has 0 saturated heterocycles. The van der Waals surface area contributed by atoms with Gasteiger partial charge in [0.2, 0.25) is 0 Å². The highest BCUT2D eigenvalue weighted by molar-refractivity contribution is 7.13. The van der Waals surface area contributed by atoms with Gasteiger partial charge in [0.1, 0.15) is 5.56 Å². The summed E-state index contributed by atoms with van der Waals surface area (Å²) in [6.45, 7) is 0. The van der Waals surface area contributed by atoms with Crippen LogP contribution in [0.1, 0.15) is 10.4 Å². The standard InChI is InChI=1S/C9H6N2O3S/c12-8-5(9(13)14)1-2-6(11-8)7-3-10-4-15-7/h1-4H,(H,11,12)(H,13,14). The Morgan fingerprint density at radius 1 is 1.47 bits per heavy atom. The van der Waals surface area contributed by atoms with Crippen molar-refractivity contribution >= 4 is 17.3 Å². The van der Waals surface area contributed by atoms with Crippen molar-refractivity contribution in [2.75, 3.05) is 0 Å². The second-order valence-corrected chi connectivity index (χ2v) is 3.67. The Morgan fingerprint density at radius 3 is 2.80 bits per heavy atom. The van der Waals surface area contributed by atoms with Gasteiger partial charge in [0.05, 0.1) is 16.1 Å². The van der Waals surface area contributed by atoms with Gasteiger partial charge in [0.15, 0.2) is 0 Å². The fraction of sp³-hybridized carbons (Fsp3) is 0. The maximum Gasteiger partial charge on any atom is 0.341 e. The number of carbonyl (C=O) groups is 1. The molecule has 5 nitrogen and oxygen atoms in total. The summed E-state index contributed by atoms with van der Waals surface area (Å²) >= 11 is 1.37. The van der Waals surface area contributed by atoms with Gasteiger partial charge in [-0.25, -0.2) is 4.79 Å². The van der Waals surface area contributed by atoms with Crippen LogP contribution in [0, 0.1) is 0 Å². The number of carboxylic acid groups (broad SMARTS) is 1. The zero-order valence-electron chi connectivity index (χ0n) is 7.43. The van der Waals surface area contributed by atoms with Crippen molar-refractivity contribution in [1.82, 2.24) is 9.97 Å². The lowest BCUT2D eigenvalue weighted by Crippen LogP contribution is -2.17. The predicted molar refractivity (Wildman–Crippen MR) is 55.1 cm³/mol. The van der Waals surface area contributed by atoms with E-state index in [0.29, 0.717) is 5.69 Å². The molecule has 0 atom stereocenters. The molecule has 0 fully saturated rings. The van der Waals surface area contributed by atoms with E-state index in [1.165, 1.54) is 17.4 Å². The Labute approximate surface area is 88.1 Å². The SMILES string of the molecule is O=C(O)c1ccc(-c2cncs2)[nH]c1=O. The molecule has 76 valence electrons. The molecule has 0 amide bonds. The summed E-state index contributed by atoms with van der Waals surface area (Å²) in [6.07, 6.45) is 1.61. The molecule has 2 rings (SSSR count). The number of pyridine rings is 1. The molecule has 0 aromatic carbocycles. The van der Waals surface area contributed by atoms with Crippen molar-refractivity contribution in [1.29, 1.82) is 0 Å². The molecule has 0 unspecified atom stereocenters. The molecule has 2 N–H and O–H groups in total. The van der Waals surface area contributed by atoms with Crippen LogP contribution < -0.4 is 5.56 Å². The fourth-order valence-electron chi connectivity index (χ4n) is 1.13. The highest BCUT2D eigenvalue weighted by Gasteiger charge is 2.09. The van der Waals surface area contributed by atoms with Gasteiger partial charge in [-0.3, -0.25) is 9.78 Å². The van der Waals surface area contributed by atoms with Gasteiger partial charge in [-0.1, -0.05) is 0 Å². The van der Waals surface area contributed by atoms with Crippen molar-refractivity contribution in [3.05, 3.63) is 39.8 Å². The first-order chi connectivity index (χ1) is 7.18. The Kier molecular flexibility index (Phi) is 2.34. The van der Waals surface area contributed by atoms with Gasteiger partial charge in [-0.15, -0.1) is 11.3 Å². The largest absolute Gasteiger partial charge is 0.477 e. The number of carboxylic acids is 1. The molecule has 2 aromatic rings. The number of nitrogens with zero attached hydrogens (tertiary/aromatic N) is 1. The summed E-state index contributed by atoms with van der Waals surface area (Å²) in [6, 6.07) is 2.84. The molecule has 0 bridgehead atoms. The summed E-state index contributed by atoms with van der Waals surface area (Å²) in [5.74, 6) is -1.23. The van der Waals surface area contributed by atoms with Crippen LogP contribution in [0.15, 0.2) is 28.6 Å². The summed E-state index contributed by atoms with van der Waals surface area (Å²) in [5, 5.41) is 8.66. The minimum absolute atomic E-state index is 0.261. The van der Waals surface area contributed by atoms with E-state index >= 15 is 0 Å². The van der Waals surface area contributed by atoms with E-state index in [2.05, 4.69) is 9.97 Å². The molecule has 2 heterocycles. The smallest absolute Gasteiger partial charge is 0.341 e. The highest BCUT2D eigenvalue weighted by Crippen LogP contribution is 2.19. The maximum atomic E-state index is 11.3. The van der Waals surface area contributed by atoms with Crippen LogP contribution in [0.3, 0.4) is 0 Å². The van der Waals surface area contributed by atoms with Crippen LogP contribution >= 0.6 is 11.3 Å². The minimum atomic E-state index is -1.23. The summed E-state index contributed by atoms with van der Waals surface area (Å²) < 4.78 is 0. The summed E-state index contributed by atoms with van der Waals surface area (Å²) in [5.41, 5.74) is 1.35. The normalized spacial score (nSPS) is 10.1. The Morgan fingerprint density at radius 2 is 2.27 bits per heavy atom. The van der Waals surface area contributed by atoms with Gasteiger partial charge in [-0.05, 0) is 12.1 Å². The lowest BCUT2D eigenvalue weighted by molar-refractivity contribution is 0.0695. The van der Waals surface area contributed by atoms with Crippen molar-refractivity contribution in [2.24, 2.45) is 0 Å². The number of aromatic carboxylic acids is 1. The van der Waals surface area contributed by atoms with E-state index < -0.39 is 11.5 Å². The van der Waals surface area contributed by atoms with Crippen LogP contribution in [-0.4, -0.2) is 21.0 Å².